The molecule has 0 heterocycles. The smallest absolute Gasteiger partial charge is 0.348 e. The fourth-order valence-electron chi connectivity index (χ4n) is 4.47. The van der Waals surface area contributed by atoms with Crippen LogP contribution in [-0.4, -0.2) is 55.1 Å². The summed E-state index contributed by atoms with van der Waals surface area (Å²) < 4.78 is 11.0. The average molecular weight is 513 g/mol. The van der Waals surface area contributed by atoms with E-state index in [9.17, 15) is 39.9 Å². The number of aromatic hydroxyl groups is 4. The van der Waals surface area contributed by atoms with Gasteiger partial charge < -0.3 is 35.0 Å². The van der Waals surface area contributed by atoms with Crippen LogP contribution in [0, 0.1) is 11.8 Å². The monoisotopic (exact) mass is 512 g/mol. The number of phenols is 4. The van der Waals surface area contributed by atoms with Crippen molar-refractivity contribution in [3.05, 3.63) is 59.7 Å². The first-order chi connectivity index (χ1) is 17.4. The Hall–Kier alpha value is -4.47. The van der Waals surface area contributed by atoms with Crippen LogP contribution in [-0.2, 0) is 23.9 Å². The number of esters is 2. The van der Waals surface area contributed by atoms with E-state index in [4.69, 9.17) is 9.47 Å². The molecule has 10 heteroatoms. The van der Waals surface area contributed by atoms with Gasteiger partial charge in [0.25, 0.3) is 0 Å². The lowest BCUT2D eigenvalue weighted by Crippen LogP contribution is -2.53. The van der Waals surface area contributed by atoms with E-state index < -0.39 is 41.4 Å². The van der Waals surface area contributed by atoms with Crippen molar-refractivity contribution in [3.63, 3.8) is 0 Å². The molecule has 0 unspecified atom stereocenters. The third-order valence-electron chi connectivity index (χ3n) is 6.19. The molecule has 1 aliphatic carbocycles. The second-order valence-corrected chi connectivity index (χ2v) is 9.15. The summed E-state index contributed by atoms with van der Waals surface area (Å²) in [6, 6.07) is 7.98. The van der Waals surface area contributed by atoms with Crippen LogP contribution in [0.1, 0.15) is 37.8 Å². The molecule has 0 amide bonds. The molecule has 3 rings (SSSR count). The summed E-state index contributed by atoms with van der Waals surface area (Å²) in [5.41, 5.74) is -0.964. The van der Waals surface area contributed by atoms with Crippen molar-refractivity contribution in [1.82, 2.24) is 0 Å². The highest BCUT2D eigenvalue weighted by molar-refractivity contribution is 5.91. The molecule has 1 fully saturated rings. The Morgan fingerprint density at radius 2 is 1.24 bits per heavy atom. The van der Waals surface area contributed by atoms with Crippen LogP contribution in [0.4, 0.5) is 0 Å². The van der Waals surface area contributed by atoms with Crippen molar-refractivity contribution in [2.75, 3.05) is 0 Å². The maximum absolute atomic E-state index is 12.5. The molecule has 0 aromatic heterocycles. The maximum Gasteiger partial charge on any atom is 0.348 e. The van der Waals surface area contributed by atoms with Gasteiger partial charge in [-0.05, 0) is 59.4 Å². The number of ether oxygens (including phenoxy) is 2. The number of aliphatic carboxylic acids is 1. The first-order valence-corrected chi connectivity index (χ1v) is 11.5. The van der Waals surface area contributed by atoms with Gasteiger partial charge in [-0.1, -0.05) is 26.0 Å². The quantitative estimate of drug-likeness (QED) is 0.210. The Morgan fingerprint density at radius 1 is 0.784 bits per heavy atom. The predicted octanol–water partition coefficient (Wildman–Crippen LogP) is 3.58. The van der Waals surface area contributed by atoms with Crippen molar-refractivity contribution < 1.29 is 49.4 Å². The third-order valence-corrected chi connectivity index (χ3v) is 6.19. The van der Waals surface area contributed by atoms with E-state index in [0.29, 0.717) is 11.1 Å². The molecule has 0 radical (unpaired) electrons. The Labute approximate surface area is 212 Å². The van der Waals surface area contributed by atoms with E-state index in [2.05, 4.69) is 0 Å². The van der Waals surface area contributed by atoms with Crippen LogP contribution in [0.15, 0.2) is 48.6 Å². The summed E-state index contributed by atoms with van der Waals surface area (Å²) in [4.78, 5) is 37.1. The summed E-state index contributed by atoms with van der Waals surface area (Å²) >= 11 is 0. The molecule has 2 aromatic rings. The highest BCUT2D eigenvalue weighted by Crippen LogP contribution is 2.41. The number of phenolic OH excluding ortho intramolecular Hbond substituents is 4. The summed E-state index contributed by atoms with van der Waals surface area (Å²) in [6.45, 7) is 3.41. The van der Waals surface area contributed by atoms with Crippen LogP contribution >= 0.6 is 0 Å². The summed E-state index contributed by atoms with van der Waals surface area (Å²) in [7, 11) is 0. The lowest BCUT2D eigenvalue weighted by molar-refractivity contribution is -0.192. The van der Waals surface area contributed by atoms with E-state index in [1.807, 2.05) is 0 Å². The van der Waals surface area contributed by atoms with Crippen molar-refractivity contribution in [2.45, 2.75) is 38.4 Å². The fraction of sp³-hybridized carbons (Fsp3) is 0.296. The van der Waals surface area contributed by atoms with E-state index in [-0.39, 0.29) is 35.8 Å². The Morgan fingerprint density at radius 3 is 1.68 bits per heavy atom. The molecule has 1 aliphatic rings. The van der Waals surface area contributed by atoms with E-state index in [1.165, 1.54) is 48.6 Å². The average Bonchev–Trinajstić information content (AvgIpc) is 2.83. The maximum atomic E-state index is 12.5. The number of rotatable bonds is 7. The largest absolute Gasteiger partial charge is 0.504 e. The van der Waals surface area contributed by atoms with Crippen LogP contribution in [0.25, 0.3) is 12.2 Å². The Kier molecular flexibility index (Phi) is 8.11. The minimum absolute atomic E-state index is 0.0836. The predicted molar refractivity (Wildman–Crippen MR) is 132 cm³/mol. The number of carboxylic acid groups (broad SMARTS) is 1. The minimum Gasteiger partial charge on any atom is -0.504 e. The first-order valence-electron chi connectivity index (χ1n) is 11.5. The zero-order chi connectivity index (χ0) is 27.3. The molecule has 0 bridgehead atoms. The molecule has 0 aliphatic heterocycles. The minimum atomic E-state index is -1.82. The van der Waals surface area contributed by atoms with Gasteiger partial charge in [0.1, 0.15) is 6.10 Å². The molecule has 196 valence electrons. The molecule has 2 atom stereocenters. The van der Waals surface area contributed by atoms with Crippen molar-refractivity contribution >= 4 is 30.1 Å². The van der Waals surface area contributed by atoms with Crippen LogP contribution in [0.2, 0.25) is 0 Å². The van der Waals surface area contributed by atoms with E-state index in [0.717, 1.165) is 12.2 Å². The molecule has 10 nitrogen and oxygen atoms in total. The normalized spacial score (nSPS) is 23.7. The van der Waals surface area contributed by atoms with E-state index in [1.54, 1.807) is 13.8 Å². The molecule has 1 saturated carbocycles. The number of carbonyl (C=O) groups is 3. The summed E-state index contributed by atoms with van der Waals surface area (Å²) in [6.07, 6.45) is 4.12. The lowest BCUT2D eigenvalue weighted by Gasteiger charge is -2.43. The number of benzene rings is 2. The Balaban J connectivity index is 1.66. The van der Waals surface area contributed by atoms with Crippen LogP contribution in [0.5, 0.6) is 23.0 Å². The number of hydrogen-bond acceptors (Lipinski definition) is 9. The van der Waals surface area contributed by atoms with Crippen LogP contribution in [0.3, 0.4) is 0 Å². The summed E-state index contributed by atoms with van der Waals surface area (Å²) in [5, 5.41) is 47.8. The van der Waals surface area contributed by atoms with Gasteiger partial charge in [0.2, 0.25) is 5.60 Å². The molecule has 37 heavy (non-hydrogen) atoms. The third kappa shape index (κ3) is 6.60. The number of carbonyl (C=O) groups excluding carboxylic acids is 2. The van der Waals surface area contributed by atoms with E-state index >= 15 is 0 Å². The topological polar surface area (TPSA) is 171 Å². The van der Waals surface area contributed by atoms with Gasteiger partial charge in [-0.15, -0.1) is 0 Å². The van der Waals surface area contributed by atoms with Gasteiger partial charge in [-0.2, -0.15) is 0 Å². The molecule has 0 saturated heterocycles. The molecular formula is C27H28O10. The Bertz CT molecular complexity index is 1230. The summed E-state index contributed by atoms with van der Waals surface area (Å²) in [5.74, 6) is -5.11. The van der Waals surface area contributed by atoms with Gasteiger partial charge >= 0.3 is 17.9 Å². The zero-order valence-corrected chi connectivity index (χ0v) is 20.2. The SMILES string of the molecule is C[C@@H]1CC(OC(=O)/C=C/c2ccc(O)c(O)c2)(C(=O)O)C[C@@H](C)C1OC(=O)/C=C/c1ccc(O)c(O)c1. The van der Waals surface area contributed by atoms with Gasteiger partial charge in [0.15, 0.2) is 23.0 Å². The second kappa shape index (κ2) is 11.1. The van der Waals surface area contributed by atoms with Crippen molar-refractivity contribution in [2.24, 2.45) is 11.8 Å². The number of hydrogen-bond donors (Lipinski definition) is 5. The van der Waals surface area contributed by atoms with Crippen molar-refractivity contribution in [3.8, 4) is 23.0 Å². The molecule has 2 aromatic carbocycles. The molecular weight excluding hydrogens is 484 g/mol. The molecule has 5 N–H and O–H groups in total. The zero-order valence-electron chi connectivity index (χ0n) is 20.2. The number of carboxylic acids is 1. The van der Waals surface area contributed by atoms with Gasteiger partial charge in [-0.3, -0.25) is 0 Å². The van der Waals surface area contributed by atoms with Gasteiger partial charge in [0.05, 0.1) is 0 Å². The van der Waals surface area contributed by atoms with Crippen molar-refractivity contribution in [1.29, 1.82) is 0 Å². The standard InChI is InChI=1S/C27H28O10/c1-15-13-27(26(34)35,37-24(33)10-6-18-4-8-20(29)22(31)12-18)14-16(2)25(15)36-23(32)9-5-17-3-7-19(28)21(30)11-17/h3-12,15-16,25,28-31H,13-14H2,1-2H3,(H,34,35)/b9-5+,10-6+/t15-,16-,25?,27?/m1/s1. The highest BCUT2D eigenvalue weighted by atomic mass is 16.6. The van der Waals surface area contributed by atoms with Gasteiger partial charge in [-0.25, -0.2) is 14.4 Å². The van der Waals surface area contributed by atoms with Gasteiger partial charge in [0, 0.05) is 25.0 Å². The highest BCUT2D eigenvalue weighted by Gasteiger charge is 2.52. The molecule has 0 spiro atoms. The lowest BCUT2D eigenvalue weighted by atomic mass is 9.71. The first kappa shape index (κ1) is 27.1. The second-order valence-electron chi connectivity index (χ2n) is 9.15. The van der Waals surface area contributed by atoms with Crippen LogP contribution < -0.4 is 0 Å². The fourth-order valence-corrected chi connectivity index (χ4v) is 4.47.